The number of halogens is 2. The highest BCUT2D eigenvalue weighted by Gasteiger charge is 2.47. The Balaban J connectivity index is 2.04. The standard InChI is InChI=1S/C18H23F2NO2/c1-17(2,3)23-16(22)21-11-18(7-5-4-6-8-18)13-9-12(19)10-14(20)15(13)21/h9-10H,4-8,11H2,1-3H3. The molecule has 126 valence electrons. The van der Waals surface area contributed by atoms with Crippen molar-refractivity contribution < 1.29 is 18.3 Å². The number of anilines is 1. The van der Waals surface area contributed by atoms with Gasteiger partial charge in [0.15, 0.2) is 0 Å². The van der Waals surface area contributed by atoms with Crippen LogP contribution in [0.4, 0.5) is 19.3 Å². The third-order valence-electron chi connectivity index (χ3n) is 4.75. The topological polar surface area (TPSA) is 29.5 Å². The zero-order valence-corrected chi connectivity index (χ0v) is 13.9. The highest BCUT2D eigenvalue weighted by atomic mass is 19.1. The molecule has 1 fully saturated rings. The summed E-state index contributed by atoms with van der Waals surface area (Å²) < 4.78 is 33.7. The zero-order valence-electron chi connectivity index (χ0n) is 13.9. The Morgan fingerprint density at radius 1 is 1.17 bits per heavy atom. The number of fused-ring (bicyclic) bond motifs is 2. The van der Waals surface area contributed by atoms with E-state index < -0.39 is 23.3 Å². The van der Waals surface area contributed by atoms with E-state index >= 15 is 0 Å². The highest BCUT2D eigenvalue weighted by molar-refractivity contribution is 5.92. The molecule has 5 heteroatoms. The summed E-state index contributed by atoms with van der Waals surface area (Å²) >= 11 is 0. The lowest BCUT2D eigenvalue weighted by molar-refractivity contribution is 0.0574. The minimum Gasteiger partial charge on any atom is -0.443 e. The second-order valence-electron chi connectivity index (χ2n) is 7.69. The predicted octanol–water partition coefficient (Wildman–Crippen LogP) is 4.92. The Morgan fingerprint density at radius 3 is 2.43 bits per heavy atom. The van der Waals surface area contributed by atoms with E-state index in [4.69, 9.17) is 4.74 Å². The van der Waals surface area contributed by atoms with E-state index in [1.54, 1.807) is 20.8 Å². The molecule has 0 bridgehead atoms. The summed E-state index contributed by atoms with van der Waals surface area (Å²) in [6.07, 6.45) is 4.29. The minimum atomic E-state index is -0.687. The maximum Gasteiger partial charge on any atom is 0.414 e. The van der Waals surface area contributed by atoms with Crippen molar-refractivity contribution in [3.63, 3.8) is 0 Å². The van der Waals surface area contributed by atoms with Crippen molar-refractivity contribution in [3.05, 3.63) is 29.3 Å². The first kappa shape index (κ1) is 16.2. The van der Waals surface area contributed by atoms with Gasteiger partial charge in [-0.2, -0.15) is 0 Å². The molecule has 0 unspecified atom stereocenters. The molecule has 0 aromatic heterocycles. The van der Waals surface area contributed by atoms with E-state index in [1.165, 1.54) is 11.0 Å². The van der Waals surface area contributed by atoms with Crippen LogP contribution in [0.3, 0.4) is 0 Å². The van der Waals surface area contributed by atoms with Gasteiger partial charge in [-0.05, 0) is 45.2 Å². The van der Waals surface area contributed by atoms with Crippen molar-refractivity contribution in [3.8, 4) is 0 Å². The number of hydrogen-bond donors (Lipinski definition) is 0. The molecule has 3 rings (SSSR count). The van der Waals surface area contributed by atoms with Crippen LogP contribution in [0.5, 0.6) is 0 Å². The number of ether oxygens (including phenoxy) is 1. The number of carbonyl (C=O) groups excluding carboxylic acids is 1. The van der Waals surface area contributed by atoms with Crippen LogP contribution in [0, 0.1) is 11.6 Å². The molecule has 0 atom stereocenters. The summed E-state index contributed by atoms with van der Waals surface area (Å²) in [7, 11) is 0. The molecule has 1 amide bonds. The van der Waals surface area contributed by atoms with Gasteiger partial charge in [-0.15, -0.1) is 0 Å². The van der Waals surface area contributed by atoms with Gasteiger partial charge in [0.1, 0.15) is 17.2 Å². The number of benzene rings is 1. The predicted molar refractivity (Wildman–Crippen MR) is 84.7 cm³/mol. The maximum absolute atomic E-state index is 14.4. The summed E-state index contributed by atoms with van der Waals surface area (Å²) in [5, 5.41) is 0. The third-order valence-corrected chi connectivity index (χ3v) is 4.75. The first-order valence-corrected chi connectivity index (χ1v) is 8.22. The Morgan fingerprint density at radius 2 is 1.83 bits per heavy atom. The molecule has 1 heterocycles. The van der Waals surface area contributed by atoms with Gasteiger partial charge in [0.05, 0.1) is 5.69 Å². The van der Waals surface area contributed by atoms with Crippen molar-refractivity contribution in [2.45, 2.75) is 63.9 Å². The van der Waals surface area contributed by atoms with E-state index in [2.05, 4.69) is 0 Å². The third kappa shape index (κ3) is 2.93. The summed E-state index contributed by atoms with van der Waals surface area (Å²) in [6, 6.07) is 2.24. The average Bonchev–Trinajstić information content (AvgIpc) is 2.73. The van der Waals surface area contributed by atoms with Crippen molar-refractivity contribution >= 4 is 11.8 Å². The van der Waals surface area contributed by atoms with Gasteiger partial charge in [0.25, 0.3) is 0 Å². The smallest absolute Gasteiger partial charge is 0.414 e. The fraction of sp³-hybridized carbons (Fsp3) is 0.611. The molecular weight excluding hydrogens is 300 g/mol. The number of rotatable bonds is 0. The van der Waals surface area contributed by atoms with Gasteiger partial charge in [-0.3, -0.25) is 4.90 Å². The SMILES string of the molecule is CC(C)(C)OC(=O)N1CC2(CCCCC2)c2cc(F)cc(F)c21. The Kier molecular flexibility index (Phi) is 3.85. The lowest BCUT2D eigenvalue weighted by Gasteiger charge is -2.34. The molecule has 0 N–H and O–H groups in total. The van der Waals surface area contributed by atoms with Gasteiger partial charge in [-0.25, -0.2) is 13.6 Å². The van der Waals surface area contributed by atoms with Gasteiger partial charge < -0.3 is 4.74 Å². The monoisotopic (exact) mass is 323 g/mol. The van der Waals surface area contributed by atoms with E-state index in [9.17, 15) is 13.6 Å². The van der Waals surface area contributed by atoms with Crippen molar-refractivity contribution in [2.75, 3.05) is 11.4 Å². The van der Waals surface area contributed by atoms with Gasteiger partial charge in [0.2, 0.25) is 0 Å². The summed E-state index contributed by atoms with van der Waals surface area (Å²) in [5.74, 6) is -1.27. The fourth-order valence-corrected chi connectivity index (χ4v) is 3.84. The minimum absolute atomic E-state index is 0.197. The molecule has 1 aromatic carbocycles. The van der Waals surface area contributed by atoms with Crippen LogP contribution in [0.2, 0.25) is 0 Å². The summed E-state index contributed by atoms with van der Waals surface area (Å²) in [6.45, 7) is 5.70. The summed E-state index contributed by atoms with van der Waals surface area (Å²) in [5.41, 5.74) is -0.174. The van der Waals surface area contributed by atoms with Gasteiger partial charge in [0, 0.05) is 18.0 Å². The van der Waals surface area contributed by atoms with E-state index in [1.807, 2.05) is 0 Å². The summed E-state index contributed by atoms with van der Waals surface area (Å²) in [4.78, 5) is 13.9. The number of nitrogens with zero attached hydrogens (tertiary/aromatic N) is 1. The van der Waals surface area contributed by atoms with Crippen molar-refractivity contribution in [2.24, 2.45) is 0 Å². The molecule has 1 aliphatic heterocycles. The van der Waals surface area contributed by atoms with Crippen molar-refractivity contribution in [1.82, 2.24) is 0 Å². The second-order valence-corrected chi connectivity index (χ2v) is 7.69. The molecule has 0 saturated heterocycles. The second kappa shape index (κ2) is 5.46. The van der Waals surface area contributed by atoms with Crippen LogP contribution in [0.25, 0.3) is 0 Å². The number of amides is 1. The van der Waals surface area contributed by atoms with Crippen LogP contribution in [0.1, 0.15) is 58.4 Å². The maximum atomic E-state index is 14.4. The zero-order chi connectivity index (χ0) is 16.8. The molecular formula is C18H23F2NO2. The number of carbonyl (C=O) groups is 1. The van der Waals surface area contributed by atoms with Crippen LogP contribution >= 0.6 is 0 Å². The van der Waals surface area contributed by atoms with Crippen LogP contribution in [-0.2, 0) is 10.2 Å². The molecule has 1 spiro atoms. The van der Waals surface area contributed by atoms with Crippen LogP contribution < -0.4 is 4.90 Å². The van der Waals surface area contributed by atoms with Crippen molar-refractivity contribution in [1.29, 1.82) is 0 Å². The molecule has 3 nitrogen and oxygen atoms in total. The van der Waals surface area contributed by atoms with E-state index in [0.717, 1.165) is 38.2 Å². The molecule has 1 aliphatic carbocycles. The Bertz CT molecular complexity index is 631. The molecule has 1 aromatic rings. The molecule has 23 heavy (non-hydrogen) atoms. The molecule has 2 aliphatic rings. The lowest BCUT2D eigenvalue weighted by Crippen LogP contribution is -2.41. The quantitative estimate of drug-likeness (QED) is 0.678. The van der Waals surface area contributed by atoms with E-state index in [0.29, 0.717) is 12.1 Å². The van der Waals surface area contributed by atoms with Gasteiger partial charge in [-0.1, -0.05) is 19.3 Å². The first-order valence-electron chi connectivity index (χ1n) is 8.22. The molecule has 0 radical (unpaired) electrons. The fourth-order valence-electron chi connectivity index (χ4n) is 3.84. The highest BCUT2D eigenvalue weighted by Crippen LogP contribution is 2.50. The largest absolute Gasteiger partial charge is 0.443 e. The Hall–Kier alpha value is -1.65. The van der Waals surface area contributed by atoms with Gasteiger partial charge >= 0.3 is 6.09 Å². The Labute approximate surface area is 135 Å². The van der Waals surface area contributed by atoms with E-state index in [-0.39, 0.29) is 11.1 Å². The normalized spacial score (nSPS) is 19.8. The number of hydrogen-bond acceptors (Lipinski definition) is 2. The average molecular weight is 323 g/mol. The van der Waals surface area contributed by atoms with Crippen LogP contribution in [-0.4, -0.2) is 18.2 Å². The first-order chi connectivity index (χ1) is 10.7. The lowest BCUT2D eigenvalue weighted by atomic mass is 9.71. The molecule has 1 saturated carbocycles. The van der Waals surface area contributed by atoms with Crippen LogP contribution in [0.15, 0.2) is 12.1 Å².